The van der Waals surface area contributed by atoms with Gasteiger partial charge in [-0.3, -0.25) is 0 Å². The maximum atomic E-state index is 5.87. The van der Waals surface area contributed by atoms with Gasteiger partial charge in [-0.15, -0.1) is 0 Å². The lowest BCUT2D eigenvalue weighted by atomic mass is 10.2. The van der Waals surface area contributed by atoms with E-state index in [1.165, 1.54) is 0 Å². The van der Waals surface area contributed by atoms with Gasteiger partial charge < -0.3 is 9.84 Å². The molecule has 17 heavy (non-hydrogen) atoms. The molecule has 4 nitrogen and oxygen atoms in total. The summed E-state index contributed by atoms with van der Waals surface area (Å²) in [4.78, 5) is 4.30. The number of hydrogen-bond acceptors (Lipinski definition) is 4. The minimum atomic E-state index is 0.487. The van der Waals surface area contributed by atoms with Gasteiger partial charge in [0.25, 0.3) is 5.89 Å². The molecule has 0 unspecified atom stereocenters. The van der Waals surface area contributed by atoms with Gasteiger partial charge in [-0.1, -0.05) is 23.7 Å². The van der Waals surface area contributed by atoms with Crippen LogP contribution in [-0.2, 0) is 6.54 Å². The number of halogens is 2. The van der Waals surface area contributed by atoms with E-state index in [9.17, 15) is 0 Å². The fourth-order valence-corrected chi connectivity index (χ4v) is 2.19. The lowest BCUT2D eigenvalue weighted by Gasteiger charge is -1.98. The first-order chi connectivity index (χ1) is 8.20. The Balaban J connectivity index is 2.24. The van der Waals surface area contributed by atoms with Gasteiger partial charge in [0.2, 0.25) is 0 Å². The topological polar surface area (TPSA) is 51.0 Å². The molecule has 0 amide bonds. The highest BCUT2D eigenvalue weighted by molar-refractivity contribution is 9.10. The molecule has 1 aromatic carbocycles. The fraction of sp³-hybridized carbons (Fsp3) is 0.273. The van der Waals surface area contributed by atoms with E-state index in [0.717, 1.165) is 16.6 Å². The fourth-order valence-electron chi connectivity index (χ4n) is 1.33. The lowest BCUT2D eigenvalue weighted by Crippen LogP contribution is -2.12. The highest BCUT2D eigenvalue weighted by Crippen LogP contribution is 2.29. The highest BCUT2D eigenvalue weighted by Gasteiger charge is 2.11. The van der Waals surface area contributed by atoms with Gasteiger partial charge in [0, 0.05) is 9.50 Å². The zero-order chi connectivity index (χ0) is 12.3. The first-order valence-corrected chi connectivity index (χ1v) is 6.36. The van der Waals surface area contributed by atoms with Crippen LogP contribution in [0.4, 0.5) is 0 Å². The summed E-state index contributed by atoms with van der Waals surface area (Å²) in [5.74, 6) is 1.13. The number of hydrogen-bond donors (Lipinski definition) is 1. The monoisotopic (exact) mass is 315 g/mol. The summed E-state index contributed by atoms with van der Waals surface area (Å²) in [5, 5.41) is 7.69. The third-order valence-electron chi connectivity index (χ3n) is 2.16. The Hall–Kier alpha value is -0.910. The summed E-state index contributed by atoms with van der Waals surface area (Å²) < 4.78 is 6.03. The molecule has 2 aromatic rings. The van der Waals surface area contributed by atoms with Gasteiger partial charge in [0.1, 0.15) is 0 Å². The van der Waals surface area contributed by atoms with Gasteiger partial charge >= 0.3 is 0 Å². The van der Waals surface area contributed by atoms with Gasteiger partial charge in [-0.05, 0) is 40.7 Å². The molecule has 0 saturated heterocycles. The van der Waals surface area contributed by atoms with Gasteiger partial charge in [-0.2, -0.15) is 4.98 Å². The molecule has 6 heteroatoms. The van der Waals surface area contributed by atoms with Crippen molar-refractivity contribution in [2.75, 3.05) is 6.54 Å². The van der Waals surface area contributed by atoms with E-state index in [2.05, 4.69) is 31.4 Å². The second kappa shape index (κ2) is 5.62. The number of benzene rings is 1. The van der Waals surface area contributed by atoms with E-state index < -0.39 is 0 Å². The zero-order valence-corrected chi connectivity index (χ0v) is 11.5. The number of nitrogens with one attached hydrogen (secondary N) is 1. The van der Waals surface area contributed by atoms with Crippen LogP contribution in [0.15, 0.2) is 27.2 Å². The Morgan fingerprint density at radius 2 is 2.29 bits per heavy atom. The molecule has 2 rings (SSSR count). The average Bonchev–Trinajstić information content (AvgIpc) is 2.75. The average molecular weight is 317 g/mol. The van der Waals surface area contributed by atoms with Gasteiger partial charge in [-0.25, -0.2) is 0 Å². The summed E-state index contributed by atoms with van der Waals surface area (Å²) in [7, 11) is 0. The Morgan fingerprint density at radius 3 is 3.00 bits per heavy atom. The molecule has 0 bridgehead atoms. The Labute approximate surface area is 112 Å². The molecule has 1 heterocycles. The van der Waals surface area contributed by atoms with Crippen LogP contribution in [0.3, 0.4) is 0 Å². The third kappa shape index (κ3) is 3.06. The van der Waals surface area contributed by atoms with Crippen LogP contribution in [-0.4, -0.2) is 16.7 Å². The van der Waals surface area contributed by atoms with Crippen LogP contribution in [0.2, 0.25) is 5.02 Å². The SMILES string of the molecule is CCNCc1noc(-c2ccc(Cl)cc2Br)n1. The van der Waals surface area contributed by atoms with Gasteiger partial charge in [0.15, 0.2) is 5.82 Å². The van der Waals surface area contributed by atoms with Crippen molar-refractivity contribution in [3.8, 4) is 11.5 Å². The molecule has 90 valence electrons. The molecule has 0 atom stereocenters. The first kappa shape index (κ1) is 12.5. The van der Waals surface area contributed by atoms with Crippen LogP contribution in [0.25, 0.3) is 11.5 Å². The Bertz CT molecular complexity index is 515. The summed E-state index contributed by atoms with van der Waals surface area (Å²) >= 11 is 9.29. The van der Waals surface area contributed by atoms with Crippen molar-refractivity contribution in [1.29, 1.82) is 0 Å². The van der Waals surface area contributed by atoms with E-state index in [-0.39, 0.29) is 0 Å². The Morgan fingerprint density at radius 1 is 1.47 bits per heavy atom. The molecular formula is C11H11BrClN3O. The van der Waals surface area contributed by atoms with E-state index in [4.69, 9.17) is 16.1 Å². The largest absolute Gasteiger partial charge is 0.334 e. The zero-order valence-electron chi connectivity index (χ0n) is 9.20. The summed E-state index contributed by atoms with van der Waals surface area (Å²) in [5.41, 5.74) is 0.838. The minimum absolute atomic E-state index is 0.487. The number of rotatable bonds is 4. The molecule has 0 saturated carbocycles. The second-order valence-electron chi connectivity index (χ2n) is 3.42. The lowest BCUT2D eigenvalue weighted by molar-refractivity contribution is 0.419. The van der Waals surface area contributed by atoms with Crippen molar-refractivity contribution in [2.24, 2.45) is 0 Å². The van der Waals surface area contributed by atoms with Crippen molar-refractivity contribution >= 4 is 27.5 Å². The molecule has 0 fully saturated rings. The van der Waals surface area contributed by atoms with Crippen LogP contribution in [0, 0.1) is 0 Å². The predicted molar refractivity (Wildman–Crippen MR) is 69.8 cm³/mol. The minimum Gasteiger partial charge on any atom is -0.334 e. The molecule has 0 aliphatic heterocycles. The quantitative estimate of drug-likeness (QED) is 0.940. The number of nitrogens with zero attached hydrogens (tertiary/aromatic N) is 2. The van der Waals surface area contributed by atoms with Crippen LogP contribution in [0.1, 0.15) is 12.7 Å². The first-order valence-electron chi connectivity index (χ1n) is 5.19. The third-order valence-corrected chi connectivity index (χ3v) is 3.05. The van der Waals surface area contributed by atoms with E-state index >= 15 is 0 Å². The molecule has 0 aliphatic carbocycles. The van der Waals surface area contributed by atoms with E-state index in [1.807, 2.05) is 13.0 Å². The van der Waals surface area contributed by atoms with Crippen LogP contribution in [0.5, 0.6) is 0 Å². The van der Waals surface area contributed by atoms with Crippen molar-refractivity contribution in [2.45, 2.75) is 13.5 Å². The summed E-state index contributed by atoms with van der Waals surface area (Å²) in [6, 6.07) is 5.43. The maximum Gasteiger partial charge on any atom is 0.259 e. The molecule has 0 spiro atoms. The van der Waals surface area contributed by atoms with Crippen molar-refractivity contribution in [1.82, 2.24) is 15.5 Å². The van der Waals surface area contributed by atoms with Gasteiger partial charge in [0.05, 0.1) is 12.1 Å². The summed E-state index contributed by atoms with van der Waals surface area (Å²) in [6.07, 6.45) is 0. The standard InChI is InChI=1S/C11H11BrClN3O/c1-2-14-6-10-15-11(17-16-10)8-4-3-7(13)5-9(8)12/h3-5,14H,2,6H2,1H3. The van der Waals surface area contributed by atoms with Crippen LogP contribution < -0.4 is 5.32 Å². The predicted octanol–water partition coefficient (Wildman–Crippen LogP) is 3.26. The molecule has 1 aromatic heterocycles. The molecule has 0 aliphatic rings. The summed E-state index contributed by atoms with van der Waals surface area (Å²) in [6.45, 7) is 3.50. The highest BCUT2D eigenvalue weighted by atomic mass is 79.9. The normalized spacial score (nSPS) is 10.8. The molecule has 1 N–H and O–H groups in total. The van der Waals surface area contributed by atoms with E-state index in [1.54, 1.807) is 12.1 Å². The van der Waals surface area contributed by atoms with Crippen molar-refractivity contribution in [3.63, 3.8) is 0 Å². The number of aromatic nitrogens is 2. The van der Waals surface area contributed by atoms with Crippen molar-refractivity contribution in [3.05, 3.63) is 33.5 Å². The van der Waals surface area contributed by atoms with Crippen molar-refractivity contribution < 1.29 is 4.52 Å². The molecule has 0 radical (unpaired) electrons. The molecular weight excluding hydrogens is 305 g/mol. The second-order valence-corrected chi connectivity index (χ2v) is 4.71. The van der Waals surface area contributed by atoms with E-state index in [0.29, 0.717) is 23.3 Å². The maximum absolute atomic E-state index is 5.87. The van der Waals surface area contributed by atoms with Crippen LogP contribution >= 0.6 is 27.5 Å². The smallest absolute Gasteiger partial charge is 0.259 e. The Kier molecular flexibility index (Phi) is 4.15.